The third kappa shape index (κ3) is 5.96. The first-order valence-corrected chi connectivity index (χ1v) is 7.87. The van der Waals surface area contributed by atoms with Crippen molar-refractivity contribution >= 4 is 23.8 Å². The molecule has 2 heterocycles. The van der Waals surface area contributed by atoms with Crippen LogP contribution in [0.25, 0.3) is 0 Å². The number of rotatable bonds is 4. The second-order valence-electron chi connectivity index (χ2n) is 5.18. The van der Waals surface area contributed by atoms with E-state index in [1.165, 1.54) is 14.0 Å². The first-order valence-electron chi connectivity index (χ1n) is 7.87. The lowest BCUT2D eigenvalue weighted by molar-refractivity contribution is -0.122. The summed E-state index contributed by atoms with van der Waals surface area (Å²) in [6.45, 7) is 6.84. The Morgan fingerprint density at radius 2 is 1.96 bits per heavy atom. The third-order valence-electron chi connectivity index (χ3n) is 3.45. The molecule has 3 N–H and O–H groups in total. The second kappa shape index (κ2) is 10.3. The van der Waals surface area contributed by atoms with Crippen LogP contribution in [0.3, 0.4) is 0 Å². The van der Waals surface area contributed by atoms with Gasteiger partial charge in [0.2, 0.25) is 5.91 Å². The van der Waals surface area contributed by atoms with Gasteiger partial charge in [0.25, 0.3) is 5.91 Å². The molecule has 2 rings (SSSR count). The lowest BCUT2D eigenvalue weighted by atomic mass is 10.2. The van der Waals surface area contributed by atoms with Gasteiger partial charge in [0, 0.05) is 33.2 Å². The monoisotopic (exact) mass is 335 g/mol. The van der Waals surface area contributed by atoms with Crippen molar-refractivity contribution < 1.29 is 14.4 Å². The van der Waals surface area contributed by atoms with Gasteiger partial charge in [0.1, 0.15) is 18.0 Å². The molecular weight excluding hydrogens is 310 g/mol. The molecule has 8 nitrogen and oxygen atoms in total. The summed E-state index contributed by atoms with van der Waals surface area (Å²) in [5.41, 5.74) is 1.32. The molecule has 0 spiro atoms. The first kappa shape index (κ1) is 19.6. The standard InChI is InChI=1S/C14H21N5O2.C2H4O/c1-10(13(20)15-2)18-14(21)12-4-3-11(9-17-12)19-7-5-16-6-8-19;1-2-3/h3-4,9-10,16H,5-8H2,1-2H3,(H,15,20)(H,18,21);2H,1H3. The summed E-state index contributed by atoms with van der Waals surface area (Å²) >= 11 is 0. The van der Waals surface area contributed by atoms with Gasteiger partial charge in [-0.3, -0.25) is 9.59 Å². The van der Waals surface area contributed by atoms with E-state index in [1.807, 2.05) is 6.07 Å². The number of likely N-dealkylation sites (N-methyl/N-ethyl adjacent to an activating group) is 1. The van der Waals surface area contributed by atoms with Gasteiger partial charge in [0.15, 0.2) is 0 Å². The summed E-state index contributed by atoms with van der Waals surface area (Å²) in [4.78, 5) is 38.6. The number of anilines is 1. The number of carbonyl (C=O) groups excluding carboxylic acids is 3. The molecule has 0 bridgehead atoms. The average Bonchev–Trinajstić information content (AvgIpc) is 2.62. The van der Waals surface area contributed by atoms with Gasteiger partial charge >= 0.3 is 0 Å². The molecule has 1 aromatic rings. The number of hydrogen-bond donors (Lipinski definition) is 3. The van der Waals surface area contributed by atoms with Crippen molar-refractivity contribution in [3.8, 4) is 0 Å². The minimum absolute atomic E-state index is 0.235. The summed E-state index contributed by atoms with van der Waals surface area (Å²) < 4.78 is 0. The molecule has 2 amide bonds. The van der Waals surface area contributed by atoms with Crippen molar-refractivity contribution in [1.82, 2.24) is 20.9 Å². The summed E-state index contributed by atoms with van der Waals surface area (Å²) in [6.07, 6.45) is 2.45. The zero-order valence-electron chi connectivity index (χ0n) is 14.3. The van der Waals surface area contributed by atoms with Crippen LogP contribution < -0.4 is 20.9 Å². The highest BCUT2D eigenvalue weighted by molar-refractivity contribution is 5.96. The summed E-state index contributed by atoms with van der Waals surface area (Å²) in [5.74, 6) is -0.584. The molecule has 0 radical (unpaired) electrons. The number of aldehydes is 1. The van der Waals surface area contributed by atoms with Crippen molar-refractivity contribution in [3.63, 3.8) is 0 Å². The molecule has 0 saturated carbocycles. The maximum atomic E-state index is 12.0. The van der Waals surface area contributed by atoms with E-state index < -0.39 is 6.04 Å². The molecule has 24 heavy (non-hydrogen) atoms. The third-order valence-corrected chi connectivity index (χ3v) is 3.45. The number of hydrogen-bond acceptors (Lipinski definition) is 6. The van der Waals surface area contributed by atoms with Crippen molar-refractivity contribution in [2.75, 3.05) is 38.1 Å². The molecule has 0 aliphatic carbocycles. The molecule has 1 saturated heterocycles. The smallest absolute Gasteiger partial charge is 0.270 e. The van der Waals surface area contributed by atoms with Gasteiger partial charge in [0.05, 0.1) is 11.9 Å². The maximum Gasteiger partial charge on any atom is 0.270 e. The van der Waals surface area contributed by atoms with E-state index in [9.17, 15) is 9.59 Å². The van der Waals surface area contributed by atoms with Crippen LogP contribution in [0.5, 0.6) is 0 Å². The Kier molecular flexibility index (Phi) is 8.42. The van der Waals surface area contributed by atoms with Crippen molar-refractivity contribution in [1.29, 1.82) is 0 Å². The van der Waals surface area contributed by atoms with E-state index in [4.69, 9.17) is 4.79 Å². The molecule has 1 aliphatic heterocycles. The fraction of sp³-hybridized carbons (Fsp3) is 0.500. The second-order valence-corrected chi connectivity index (χ2v) is 5.18. The van der Waals surface area contributed by atoms with Crippen LogP contribution in [-0.4, -0.2) is 62.4 Å². The number of aromatic nitrogens is 1. The Morgan fingerprint density at radius 3 is 2.46 bits per heavy atom. The van der Waals surface area contributed by atoms with Gasteiger partial charge in [-0.1, -0.05) is 0 Å². The van der Waals surface area contributed by atoms with Crippen molar-refractivity contribution in [3.05, 3.63) is 24.0 Å². The quantitative estimate of drug-likeness (QED) is 0.645. The minimum Gasteiger partial charge on any atom is -0.368 e. The van der Waals surface area contributed by atoms with E-state index in [0.29, 0.717) is 5.69 Å². The molecular formula is C16H25N5O3. The molecule has 1 fully saturated rings. The molecule has 1 aromatic heterocycles. The summed E-state index contributed by atoms with van der Waals surface area (Å²) in [6, 6.07) is 2.98. The predicted octanol–water partition coefficient (Wildman–Crippen LogP) is -0.439. The molecule has 1 unspecified atom stereocenters. The average molecular weight is 335 g/mol. The largest absolute Gasteiger partial charge is 0.368 e. The highest BCUT2D eigenvalue weighted by atomic mass is 16.2. The van der Waals surface area contributed by atoms with Gasteiger partial charge in [-0.25, -0.2) is 4.98 Å². The van der Waals surface area contributed by atoms with E-state index in [0.717, 1.165) is 38.2 Å². The summed E-state index contributed by atoms with van der Waals surface area (Å²) in [7, 11) is 1.53. The van der Waals surface area contributed by atoms with Crippen LogP contribution in [0.4, 0.5) is 5.69 Å². The molecule has 0 aromatic carbocycles. The topological polar surface area (TPSA) is 103 Å². The predicted molar refractivity (Wildman–Crippen MR) is 92.1 cm³/mol. The molecule has 132 valence electrons. The van der Waals surface area contributed by atoms with E-state index in [1.54, 1.807) is 19.2 Å². The van der Waals surface area contributed by atoms with Gasteiger partial charge in [-0.05, 0) is 26.0 Å². The first-order chi connectivity index (χ1) is 11.5. The Balaban J connectivity index is 0.000000891. The fourth-order valence-electron chi connectivity index (χ4n) is 2.18. The van der Waals surface area contributed by atoms with Crippen LogP contribution in [0.1, 0.15) is 24.3 Å². The number of piperazine rings is 1. The Bertz CT molecular complexity index is 541. The normalized spacial score (nSPS) is 14.7. The maximum absolute atomic E-state index is 12.0. The lowest BCUT2D eigenvalue weighted by Gasteiger charge is -2.29. The Morgan fingerprint density at radius 1 is 1.33 bits per heavy atom. The lowest BCUT2D eigenvalue weighted by Crippen LogP contribution is -2.44. The van der Waals surface area contributed by atoms with E-state index >= 15 is 0 Å². The molecule has 8 heteroatoms. The Hall–Kier alpha value is -2.48. The molecule has 1 atom stereocenters. The Labute approximate surface area is 142 Å². The van der Waals surface area contributed by atoms with Crippen LogP contribution in [0, 0.1) is 0 Å². The minimum atomic E-state index is -0.586. The zero-order valence-corrected chi connectivity index (χ0v) is 14.3. The van der Waals surface area contributed by atoms with E-state index in [-0.39, 0.29) is 11.8 Å². The van der Waals surface area contributed by atoms with Gasteiger partial charge < -0.3 is 25.6 Å². The number of carbonyl (C=O) groups is 3. The zero-order chi connectivity index (χ0) is 17.9. The molecule has 1 aliphatic rings. The number of pyridine rings is 1. The van der Waals surface area contributed by atoms with Crippen LogP contribution in [0.15, 0.2) is 18.3 Å². The highest BCUT2D eigenvalue weighted by Crippen LogP contribution is 2.13. The van der Waals surface area contributed by atoms with E-state index in [2.05, 4.69) is 25.8 Å². The highest BCUT2D eigenvalue weighted by Gasteiger charge is 2.17. The number of nitrogens with zero attached hydrogens (tertiary/aromatic N) is 2. The van der Waals surface area contributed by atoms with Gasteiger partial charge in [-0.15, -0.1) is 0 Å². The number of amides is 2. The van der Waals surface area contributed by atoms with Crippen molar-refractivity contribution in [2.24, 2.45) is 0 Å². The fourth-order valence-corrected chi connectivity index (χ4v) is 2.18. The van der Waals surface area contributed by atoms with Crippen LogP contribution in [-0.2, 0) is 9.59 Å². The SMILES string of the molecule is CC=O.CNC(=O)C(C)NC(=O)c1ccc(N2CCNCC2)cn1. The van der Waals surface area contributed by atoms with Crippen molar-refractivity contribution in [2.45, 2.75) is 19.9 Å². The van der Waals surface area contributed by atoms with Crippen LogP contribution >= 0.6 is 0 Å². The van der Waals surface area contributed by atoms with Gasteiger partial charge in [-0.2, -0.15) is 0 Å². The number of nitrogens with one attached hydrogen (secondary N) is 3. The summed E-state index contributed by atoms with van der Waals surface area (Å²) in [5, 5.41) is 8.38. The van der Waals surface area contributed by atoms with Crippen LogP contribution in [0.2, 0.25) is 0 Å².